The summed E-state index contributed by atoms with van der Waals surface area (Å²) in [5.41, 5.74) is -1.20. The van der Waals surface area contributed by atoms with Gasteiger partial charge in [-0.15, -0.1) is 0 Å². The fraction of sp³-hybridized carbons (Fsp3) is 0.385. The molecule has 0 bridgehead atoms. The number of rotatable bonds is 5. The predicted octanol–water partition coefficient (Wildman–Crippen LogP) is 0.561. The molecule has 0 atom stereocenters. The summed E-state index contributed by atoms with van der Waals surface area (Å²) in [6, 6.07) is 2.77. The summed E-state index contributed by atoms with van der Waals surface area (Å²) in [5, 5.41) is 24.2. The molecule has 1 fully saturated rings. The molecular formula is C13H14FN3O5. The SMILES string of the molecule is O=C(NCC1(CO)CC1)C(=O)Nc1ccc(F)c([N+](=O)[O-])c1. The van der Waals surface area contributed by atoms with Gasteiger partial charge in [0.25, 0.3) is 0 Å². The Hall–Kier alpha value is -2.55. The number of aliphatic hydroxyl groups is 1. The maximum Gasteiger partial charge on any atom is 0.313 e. The molecule has 0 aliphatic heterocycles. The molecule has 9 heteroatoms. The Morgan fingerprint density at radius 2 is 2.05 bits per heavy atom. The highest BCUT2D eigenvalue weighted by Gasteiger charge is 2.42. The Morgan fingerprint density at radius 1 is 1.36 bits per heavy atom. The number of nitro benzene ring substituents is 1. The van der Waals surface area contributed by atoms with Gasteiger partial charge in [-0.3, -0.25) is 19.7 Å². The number of carbonyl (C=O) groups excluding carboxylic acids is 2. The standard InChI is InChI=1S/C13H14FN3O5/c14-9-2-1-8(5-10(9)17(21)22)16-12(20)11(19)15-6-13(7-18)3-4-13/h1-2,5,18H,3-4,6-7H2,(H,15,19)(H,16,20). The van der Waals surface area contributed by atoms with E-state index in [4.69, 9.17) is 5.11 Å². The molecular weight excluding hydrogens is 297 g/mol. The number of nitrogens with zero attached hydrogens (tertiary/aromatic N) is 1. The number of amides is 2. The molecule has 0 saturated heterocycles. The lowest BCUT2D eigenvalue weighted by Crippen LogP contribution is -2.39. The maximum absolute atomic E-state index is 13.2. The van der Waals surface area contributed by atoms with Crippen LogP contribution in [0.2, 0.25) is 0 Å². The van der Waals surface area contributed by atoms with Crippen molar-refractivity contribution in [2.75, 3.05) is 18.5 Å². The summed E-state index contributed by atoms with van der Waals surface area (Å²) in [5.74, 6) is -2.98. The molecule has 8 nitrogen and oxygen atoms in total. The Kier molecular flexibility index (Phi) is 4.36. The van der Waals surface area contributed by atoms with Crippen LogP contribution < -0.4 is 10.6 Å². The second-order valence-corrected chi connectivity index (χ2v) is 5.22. The van der Waals surface area contributed by atoms with E-state index in [1.165, 1.54) is 0 Å². The molecule has 0 heterocycles. The highest BCUT2D eigenvalue weighted by Crippen LogP contribution is 2.44. The molecule has 3 N–H and O–H groups in total. The molecule has 22 heavy (non-hydrogen) atoms. The van der Waals surface area contributed by atoms with E-state index < -0.39 is 28.2 Å². The number of halogens is 1. The van der Waals surface area contributed by atoms with Crippen LogP contribution in [0, 0.1) is 21.3 Å². The van der Waals surface area contributed by atoms with Crippen LogP contribution in [-0.2, 0) is 9.59 Å². The van der Waals surface area contributed by atoms with Crippen LogP contribution in [0.4, 0.5) is 15.8 Å². The van der Waals surface area contributed by atoms with E-state index in [1.54, 1.807) is 0 Å². The lowest BCUT2D eigenvalue weighted by Gasteiger charge is -2.12. The van der Waals surface area contributed by atoms with Crippen molar-refractivity contribution in [1.29, 1.82) is 0 Å². The molecule has 1 aliphatic rings. The van der Waals surface area contributed by atoms with Gasteiger partial charge in [0.2, 0.25) is 5.82 Å². The smallest absolute Gasteiger partial charge is 0.313 e. The van der Waals surface area contributed by atoms with Gasteiger partial charge in [0.05, 0.1) is 11.5 Å². The lowest BCUT2D eigenvalue weighted by molar-refractivity contribution is -0.387. The molecule has 1 aromatic rings. The van der Waals surface area contributed by atoms with E-state index in [9.17, 15) is 24.1 Å². The van der Waals surface area contributed by atoms with E-state index in [2.05, 4.69) is 10.6 Å². The fourth-order valence-electron chi connectivity index (χ4n) is 1.83. The number of nitrogens with one attached hydrogen (secondary N) is 2. The molecule has 2 rings (SSSR count). The van der Waals surface area contributed by atoms with Crippen molar-refractivity contribution >= 4 is 23.2 Å². The molecule has 0 spiro atoms. The maximum atomic E-state index is 13.2. The molecule has 2 amide bonds. The number of carbonyl (C=O) groups is 2. The molecule has 118 valence electrons. The first-order valence-corrected chi connectivity index (χ1v) is 6.51. The molecule has 0 aromatic heterocycles. The highest BCUT2D eigenvalue weighted by atomic mass is 19.1. The fourth-order valence-corrected chi connectivity index (χ4v) is 1.83. The number of nitro groups is 1. The van der Waals surface area contributed by atoms with E-state index in [0.29, 0.717) is 0 Å². The molecule has 0 radical (unpaired) electrons. The predicted molar refractivity (Wildman–Crippen MR) is 73.4 cm³/mol. The van der Waals surface area contributed by atoms with Crippen LogP contribution in [0.1, 0.15) is 12.8 Å². The van der Waals surface area contributed by atoms with Crippen LogP contribution in [0.15, 0.2) is 18.2 Å². The van der Waals surface area contributed by atoms with E-state index >= 15 is 0 Å². The Bertz CT molecular complexity index is 630. The van der Waals surface area contributed by atoms with Crippen molar-refractivity contribution in [3.8, 4) is 0 Å². The van der Waals surface area contributed by atoms with Crippen molar-refractivity contribution < 1.29 is 24.0 Å². The number of hydrogen-bond acceptors (Lipinski definition) is 5. The van der Waals surface area contributed by atoms with Crippen molar-refractivity contribution in [3.05, 3.63) is 34.1 Å². The van der Waals surface area contributed by atoms with Gasteiger partial charge in [-0.05, 0) is 25.0 Å². The van der Waals surface area contributed by atoms with Crippen LogP contribution in [0.3, 0.4) is 0 Å². The summed E-state index contributed by atoms with van der Waals surface area (Å²) in [6.07, 6.45) is 1.55. The van der Waals surface area contributed by atoms with Crippen molar-refractivity contribution in [1.82, 2.24) is 5.32 Å². The largest absolute Gasteiger partial charge is 0.396 e. The lowest BCUT2D eigenvalue weighted by atomic mass is 10.1. The molecule has 1 aliphatic carbocycles. The summed E-state index contributed by atoms with van der Waals surface area (Å²) in [4.78, 5) is 32.9. The van der Waals surface area contributed by atoms with Gasteiger partial charge in [0, 0.05) is 23.7 Å². The minimum Gasteiger partial charge on any atom is -0.396 e. The van der Waals surface area contributed by atoms with Gasteiger partial charge in [-0.2, -0.15) is 4.39 Å². The Balaban J connectivity index is 1.95. The zero-order chi connectivity index (χ0) is 16.3. The van der Waals surface area contributed by atoms with Crippen LogP contribution in [0.25, 0.3) is 0 Å². The minimum absolute atomic E-state index is 0.0588. The third-order valence-electron chi connectivity index (χ3n) is 3.52. The van der Waals surface area contributed by atoms with Crippen molar-refractivity contribution in [2.45, 2.75) is 12.8 Å². The topological polar surface area (TPSA) is 122 Å². The van der Waals surface area contributed by atoms with Gasteiger partial charge < -0.3 is 15.7 Å². The van der Waals surface area contributed by atoms with Crippen LogP contribution in [0.5, 0.6) is 0 Å². The second-order valence-electron chi connectivity index (χ2n) is 5.22. The monoisotopic (exact) mass is 311 g/mol. The van der Waals surface area contributed by atoms with E-state index in [1.807, 2.05) is 0 Å². The van der Waals surface area contributed by atoms with Gasteiger partial charge in [-0.1, -0.05) is 0 Å². The number of aliphatic hydroxyl groups excluding tert-OH is 1. The normalized spacial score (nSPS) is 15.0. The summed E-state index contributed by atoms with van der Waals surface area (Å²) in [7, 11) is 0. The average Bonchev–Trinajstić information content (AvgIpc) is 3.27. The van der Waals surface area contributed by atoms with Gasteiger partial charge in [0.15, 0.2) is 0 Å². The van der Waals surface area contributed by atoms with Crippen LogP contribution in [-0.4, -0.2) is 35.0 Å². The average molecular weight is 311 g/mol. The molecule has 0 unspecified atom stereocenters. The van der Waals surface area contributed by atoms with Gasteiger partial charge in [-0.25, -0.2) is 0 Å². The Morgan fingerprint density at radius 3 is 2.59 bits per heavy atom. The molecule has 1 aromatic carbocycles. The first-order valence-electron chi connectivity index (χ1n) is 6.51. The quantitative estimate of drug-likeness (QED) is 0.417. The van der Waals surface area contributed by atoms with Gasteiger partial charge >= 0.3 is 17.5 Å². The van der Waals surface area contributed by atoms with Crippen LogP contribution >= 0.6 is 0 Å². The zero-order valence-corrected chi connectivity index (χ0v) is 11.5. The zero-order valence-electron chi connectivity index (χ0n) is 11.5. The first-order chi connectivity index (χ1) is 10.4. The summed E-state index contributed by atoms with van der Waals surface area (Å²) < 4.78 is 13.2. The summed E-state index contributed by atoms with van der Waals surface area (Å²) in [6.45, 7) is 0.109. The van der Waals surface area contributed by atoms with Crippen molar-refractivity contribution in [2.24, 2.45) is 5.41 Å². The van der Waals surface area contributed by atoms with Gasteiger partial charge in [0.1, 0.15) is 0 Å². The first kappa shape index (κ1) is 15.8. The highest BCUT2D eigenvalue weighted by molar-refractivity contribution is 6.39. The van der Waals surface area contributed by atoms with Crippen molar-refractivity contribution in [3.63, 3.8) is 0 Å². The third-order valence-corrected chi connectivity index (χ3v) is 3.52. The van der Waals surface area contributed by atoms with E-state index in [0.717, 1.165) is 31.0 Å². The number of hydrogen-bond donors (Lipinski definition) is 3. The number of anilines is 1. The summed E-state index contributed by atoms with van der Waals surface area (Å²) >= 11 is 0. The Labute approximate surface area is 124 Å². The third kappa shape index (κ3) is 3.55. The minimum atomic E-state index is -1.04. The second kappa shape index (κ2) is 6.06. The number of benzene rings is 1. The molecule has 1 saturated carbocycles. The van der Waals surface area contributed by atoms with E-state index in [-0.39, 0.29) is 24.3 Å².